The zero-order valence-corrected chi connectivity index (χ0v) is 15.6. The van der Waals surface area contributed by atoms with E-state index in [1.807, 2.05) is 18.2 Å². The van der Waals surface area contributed by atoms with E-state index in [-0.39, 0.29) is 26.4 Å². The fraction of sp³-hybridized carbons (Fsp3) is 0.278. The molecule has 7 heteroatoms. The summed E-state index contributed by atoms with van der Waals surface area (Å²) in [6.07, 6.45) is 0.977. The molecule has 3 rings (SSSR count). The lowest BCUT2D eigenvalue weighted by molar-refractivity contribution is 0.0946. The summed E-state index contributed by atoms with van der Waals surface area (Å²) in [5.74, 6) is -0.518. The Morgan fingerprint density at radius 2 is 1.92 bits per heavy atom. The molecule has 1 amide bonds. The minimum Gasteiger partial charge on any atom is -0.505 e. The maximum absolute atomic E-state index is 12.4. The van der Waals surface area contributed by atoms with Crippen LogP contribution in [0.1, 0.15) is 16.8 Å². The highest BCUT2D eigenvalue weighted by atomic mass is 35.5. The number of carbonyl (C=O) groups is 1. The summed E-state index contributed by atoms with van der Waals surface area (Å²) in [6, 6.07) is 11.5. The highest BCUT2D eigenvalue weighted by Gasteiger charge is 2.25. The summed E-state index contributed by atoms with van der Waals surface area (Å²) in [4.78, 5) is 14.7. The second-order valence-corrected chi connectivity index (χ2v) is 7.22. The van der Waals surface area contributed by atoms with E-state index in [2.05, 4.69) is 22.3 Å². The molecule has 1 aliphatic heterocycles. The van der Waals surface area contributed by atoms with Crippen molar-refractivity contribution in [2.75, 3.05) is 24.5 Å². The van der Waals surface area contributed by atoms with Gasteiger partial charge in [0.05, 0.1) is 15.1 Å². The Kier molecular flexibility index (Phi) is 5.62. The molecule has 0 radical (unpaired) electrons. The van der Waals surface area contributed by atoms with Gasteiger partial charge in [0.1, 0.15) is 11.3 Å². The van der Waals surface area contributed by atoms with Crippen molar-refractivity contribution in [1.82, 2.24) is 5.32 Å². The minimum atomic E-state index is -0.481. The predicted molar refractivity (Wildman–Crippen MR) is 102 cm³/mol. The number of nitrogens with one attached hydrogen (secondary N) is 1. The first-order valence-corrected chi connectivity index (χ1v) is 9.05. The van der Waals surface area contributed by atoms with Crippen molar-refractivity contribution < 1.29 is 9.90 Å². The van der Waals surface area contributed by atoms with Gasteiger partial charge in [-0.3, -0.25) is 4.79 Å². The molecule has 0 aromatic heterocycles. The first-order chi connectivity index (χ1) is 12.0. The van der Waals surface area contributed by atoms with Crippen LogP contribution in [0.15, 0.2) is 36.4 Å². The molecule has 1 aliphatic rings. The zero-order valence-electron chi connectivity index (χ0n) is 13.3. The normalized spacial score (nSPS) is 16.9. The van der Waals surface area contributed by atoms with Crippen molar-refractivity contribution in [2.24, 2.45) is 5.92 Å². The Morgan fingerprint density at radius 3 is 2.64 bits per heavy atom. The largest absolute Gasteiger partial charge is 0.505 e. The molecule has 2 aromatic rings. The molecule has 2 aromatic carbocycles. The lowest BCUT2D eigenvalue weighted by atomic mass is 10.1. The number of phenolic OH excluding ortho intramolecular Hbond substituents is 1. The van der Waals surface area contributed by atoms with Gasteiger partial charge in [-0.1, -0.05) is 53.0 Å². The number of hydrogen-bond donors (Lipinski definition) is 2. The molecule has 0 spiro atoms. The third-order valence-corrected chi connectivity index (χ3v) is 5.41. The van der Waals surface area contributed by atoms with E-state index in [1.54, 1.807) is 0 Å². The zero-order chi connectivity index (χ0) is 18.0. The summed E-state index contributed by atoms with van der Waals surface area (Å²) in [5, 5.41) is 13.0. The first kappa shape index (κ1) is 18.2. The Balaban J connectivity index is 1.63. The Morgan fingerprint density at radius 1 is 1.20 bits per heavy atom. The maximum Gasteiger partial charge on any atom is 0.256 e. The van der Waals surface area contributed by atoms with Crippen LogP contribution in [0, 0.1) is 5.92 Å². The van der Waals surface area contributed by atoms with Crippen LogP contribution in [-0.4, -0.2) is 30.6 Å². The van der Waals surface area contributed by atoms with E-state index < -0.39 is 5.91 Å². The van der Waals surface area contributed by atoms with Gasteiger partial charge < -0.3 is 15.3 Å². The monoisotopic (exact) mass is 398 g/mol. The average molecular weight is 400 g/mol. The Hall–Kier alpha value is -1.62. The number of amides is 1. The van der Waals surface area contributed by atoms with Gasteiger partial charge >= 0.3 is 0 Å². The van der Waals surface area contributed by atoms with Gasteiger partial charge in [0.15, 0.2) is 0 Å². The number of halogens is 3. The number of benzene rings is 2. The summed E-state index contributed by atoms with van der Waals surface area (Å²) in [6.45, 7) is 2.29. The van der Waals surface area contributed by atoms with E-state index in [1.165, 1.54) is 11.8 Å². The molecule has 4 nitrogen and oxygen atoms in total. The number of phenols is 1. The van der Waals surface area contributed by atoms with E-state index in [9.17, 15) is 9.90 Å². The van der Waals surface area contributed by atoms with Gasteiger partial charge in [-0.25, -0.2) is 0 Å². The number of carbonyl (C=O) groups excluding carboxylic acids is 1. The molecule has 1 saturated heterocycles. The third kappa shape index (κ3) is 3.97. The Labute approximate surface area is 161 Å². The lowest BCUT2D eigenvalue weighted by Gasteiger charge is -2.19. The molecule has 0 saturated carbocycles. The second-order valence-electron chi connectivity index (χ2n) is 6.02. The smallest absolute Gasteiger partial charge is 0.256 e. The Bertz CT molecular complexity index is 757. The molecule has 1 fully saturated rings. The van der Waals surface area contributed by atoms with Crippen LogP contribution in [-0.2, 0) is 0 Å². The van der Waals surface area contributed by atoms with Gasteiger partial charge in [0, 0.05) is 25.3 Å². The maximum atomic E-state index is 12.4. The van der Waals surface area contributed by atoms with Crippen LogP contribution in [0.5, 0.6) is 5.75 Å². The predicted octanol–water partition coefficient (Wildman–Crippen LogP) is 4.61. The molecule has 0 aliphatic carbocycles. The average Bonchev–Trinajstić information content (AvgIpc) is 3.08. The number of nitrogens with zero attached hydrogens (tertiary/aromatic N) is 1. The molecule has 25 heavy (non-hydrogen) atoms. The van der Waals surface area contributed by atoms with Crippen LogP contribution >= 0.6 is 34.8 Å². The van der Waals surface area contributed by atoms with Gasteiger partial charge in [-0.05, 0) is 30.5 Å². The van der Waals surface area contributed by atoms with Crippen LogP contribution in [0.25, 0.3) is 0 Å². The molecule has 0 bridgehead atoms. The first-order valence-electron chi connectivity index (χ1n) is 7.92. The van der Waals surface area contributed by atoms with E-state index >= 15 is 0 Å². The summed E-state index contributed by atoms with van der Waals surface area (Å²) < 4.78 is 0. The van der Waals surface area contributed by atoms with Gasteiger partial charge in [-0.15, -0.1) is 0 Å². The van der Waals surface area contributed by atoms with Gasteiger partial charge in [-0.2, -0.15) is 0 Å². The summed E-state index contributed by atoms with van der Waals surface area (Å²) in [5.41, 5.74) is 1.09. The molecule has 132 valence electrons. The van der Waals surface area contributed by atoms with Gasteiger partial charge in [0.25, 0.3) is 5.91 Å². The minimum absolute atomic E-state index is 0.00148. The van der Waals surface area contributed by atoms with Crippen molar-refractivity contribution in [1.29, 1.82) is 0 Å². The molecule has 1 atom stereocenters. The van der Waals surface area contributed by atoms with Crippen molar-refractivity contribution in [3.05, 3.63) is 57.0 Å². The number of anilines is 1. The van der Waals surface area contributed by atoms with Crippen LogP contribution in [0.2, 0.25) is 15.1 Å². The van der Waals surface area contributed by atoms with Crippen LogP contribution < -0.4 is 10.2 Å². The van der Waals surface area contributed by atoms with E-state index in [4.69, 9.17) is 34.8 Å². The molecule has 2 N–H and O–H groups in total. The van der Waals surface area contributed by atoms with Crippen molar-refractivity contribution in [3.63, 3.8) is 0 Å². The molecular formula is C18H17Cl3N2O2. The van der Waals surface area contributed by atoms with Crippen LogP contribution in [0.4, 0.5) is 5.69 Å². The van der Waals surface area contributed by atoms with E-state index in [0.717, 1.165) is 19.5 Å². The number of aromatic hydroxyl groups is 1. The second kappa shape index (κ2) is 7.73. The highest BCUT2D eigenvalue weighted by molar-refractivity contribution is 6.45. The van der Waals surface area contributed by atoms with Crippen LogP contribution in [0.3, 0.4) is 0 Å². The van der Waals surface area contributed by atoms with Crippen molar-refractivity contribution >= 4 is 46.4 Å². The van der Waals surface area contributed by atoms with Crippen molar-refractivity contribution in [2.45, 2.75) is 6.42 Å². The molecule has 1 unspecified atom stereocenters. The summed E-state index contributed by atoms with van der Waals surface area (Å²) in [7, 11) is 0. The fourth-order valence-corrected chi connectivity index (χ4v) is 3.68. The quantitative estimate of drug-likeness (QED) is 0.738. The summed E-state index contributed by atoms with van der Waals surface area (Å²) >= 11 is 17.8. The van der Waals surface area contributed by atoms with Gasteiger partial charge in [0.2, 0.25) is 0 Å². The fourth-order valence-electron chi connectivity index (χ4n) is 2.99. The third-order valence-electron chi connectivity index (χ3n) is 4.33. The van der Waals surface area contributed by atoms with E-state index in [0.29, 0.717) is 12.5 Å². The molecule has 1 heterocycles. The lowest BCUT2D eigenvalue weighted by Crippen LogP contribution is -2.31. The highest BCUT2D eigenvalue weighted by Crippen LogP contribution is 2.38. The number of para-hydroxylation sites is 1. The standard InChI is InChI=1S/C18H17Cl3N2O2/c19-13-8-14(20)17(24)15(16(13)21)18(25)22-9-11-6-7-23(10-11)12-4-2-1-3-5-12/h1-5,8,11,24H,6-7,9-10H2,(H,22,25). The molecular weight excluding hydrogens is 383 g/mol. The number of rotatable bonds is 4. The van der Waals surface area contributed by atoms with Crippen molar-refractivity contribution in [3.8, 4) is 5.75 Å². The SMILES string of the molecule is O=C(NCC1CCN(c2ccccc2)C1)c1c(O)c(Cl)cc(Cl)c1Cl. The topological polar surface area (TPSA) is 52.6 Å². The number of hydrogen-bond acceptors (Lipinski definition) is 3.